The third-order valence-corrected chi connectivity index (χ3v) is 0.745. The molecular formula is C5H7N3. The topological polar surface area (TPSA) is 50.4 Å². The summed E-state index contributed by atoms with van der Waals surface area (Å²) in [7, 11) is 0. The van der Waals surface area contributed by atoms with E-state index in [1.807, 2.05) is 0 Å². The summed E-state index contributed by atoms with van der Waals surface area (Å²) < 4.78 is 0. The molecule has 0 saturated heterocycles. The molecule has 0 amide bonds. The first-order chi connectivity index (χ1) is 3.89. The van der Waals surface area contributed by atoms with Crippen LogP contribution in [0.2, 0.25) is 0 Å². The van der Waals surface area contributed by atoms with E-state index < -0.39 is 0 Å². The molecule has 0 bridgehead atoms. The Kier molecular flexibility index (Phi) is 1.32. The molecule has 0 saturated carbocycles. The molecule has 0 radical (unpaired) electrons. The Morgan fingerprint density at radius 2 is 2.38 bits per heavy atom. The van der Waals surface area contributed by atoms with Crippen LogP contribution < -0.4 is 11.1 Å². The second-order valence-corrected chi connectivity index (χ2v) is 1.37. The Morgan fingerprint density at radius 3 is 3.25 bits per heavy atom. The predicted octanol–water partition coefficient (Wildman–Crippen LogP) is -0.0683. The number of aliphatic imine (C=N–C) groups is 1. The van der Waals surface area contributed by atoms with Crippen LogP contribution in [0.25, 0.3) is 0 Å². The van der Waals surface area contributed by atoms with Crippen LogP contribution in [0.1, 0.15) is 0 Å². The number of hydrogen-bond donors (Lipinski definition) is 2. The highest BCUT2D eigenvalue weighted by Crippen LogP contribution is 1.80. The summed E-state index contributed by atoms with van der Waals surface area (Å²) in [5, 5.41) is 2.82. The van der Waals surface area contributed by atoms with Crippen molar-refractivity contribution in [3.8, 4) is 0 Å². The fourth-order valence-electron chi connectivity index (χ4n) is 0.398. The van der Waals surface area contributed by atoms with Gasteiger partial charge in [0.15, 0.2) is 0 Å². The summed E-state index contributed by atoms with van der Waals surface area (Å²) in [4.78, 5) is 3.79. The second-order valence-electron chi connectivity index (χ2n) is 1.37. The van der Waals surface area contributed by atoms with E-state index in [0.717, 1.165) is 0 Å². The van der Waals surface area contributed by atoms with Gasteiger partial charge in [-0.1, -0.05) is 0 Å². The van der Waals surface area contributed by atoms with E-state index in [9.17, 15) is 0 Å². The highest BCUT2D eigenvalue weighted by molar-refractivity contribution is 5.91. The summed E-state index contributed by atoms with van der Waals surface area (Å²) >= 11 is 0. The van der Waals surface area contributed by atoms with E-state index in [-0.39, 0.29) is 0 Å². The van der Waals surface area contributed by atoms with Gasteiger partial charge in [0.25, 0.3) is 0 Å². The maximum absolute atomic E-state index is 5.31. The minimum atomic E-state index is 0.520. The zero-order valence-electron chi connectivity index (χ0n) is 4.33. The zero-order valence-corrected chi connectivity index (χ0v) is 4.33. The Hall–Kier alpha value is -1.25. The van der Waals surface area contributed by atoms with Gasteiger partial charge < -0.3 is 11.1 Å². The number of nitrogens with zero attached hydrogens (tertiary/aromatic N) is 1. The standard InChI is InChI=1S/C5H7N3/c6-5-1-2-7-3-4-8-5/h1-4,7H,(H2,6,8). The van der Waals surface area contributed by atoms with Crippen LogP contribution in [0.15, 0.2) is 29.7 Å². The van der Waals surface area contributed by atoms with Crippen molar-refractivity contribution in [2.45, 2.75) is 0 Å². The Labute approximate surface area is 47.6 Å². The average molecular weight is 109 g/mol. The van der Waals surface area contributed by atoms with Gasteiger partial charge in [0.2, 0.25) is 0 Å². The van der Waals surface area contributed by atoms with Crippen molar-refractivity contribution in [3.63, 3.8) is 0 Å². The third kappa shape index (κ3) is 1.11. The lowest BCUT2D eigenvalue weighted by Crippen LogP contribution is -2.06. The summed E-state index contributed by atoms with van der Waals surface area (Å²) in [5.74, 6) is 0.520. The predicted molar refractivity (Wildman–Crippen MR) is 33.0 cm³/mol. The normalized spacial score (nSPS) is 16.8. The maximum atomic E-state index is 5.31. The van der Waals surface area contributed by atoms with Crippen molar-refractivity contribution >= 4 is 5.84 Å². The van der Waals surface area contributed by atoms with Crippen LogP contribution >= 0.6 is 0 Å². The van der Waals surface area contributed by atoms with Crippen molar-refractivity contribution < 1.29 is 0 Å². The molecule has 1 aliphatic rings. The number of hydrogen-bond acceptors (Lipinski definition) is 3. The van der Waals surface area contributed by atoms with Crippen molar-refractivity contribution in [2.24, 2.45) is 10.7 Å². The molecule has 42 valence electrons. The number of rotatable bonds is 0. The Bertz CT molecular complexity index is 155. The zero-order chi connectivity index (χ0) is 5.82. The first-order valence-electron chi connectivity index (χ1n) is 2.30. The van der Waals surface area contributed by atoms with Gasteiger partial charge in [0.05, 0.1) is 0 Å². The lowest BCUT2D eigenvalue weighted by atomic mass is 10.6. The first-order valence-corrected chi connectivity index (χ1v) is 2.30. The van der Waals surface area contributed by atoms with Crippen LogP contribution in [0, 0.1) is 0 Å². The first kappa shape index (κ1) is 4.90. The fraction of sp³-hybridized carbons (Fsp3) is 0. The number of nitrogens with one attached hydrogen (secondary N) is 1. The molecule has 3 nitrogen and oxygen atoms in total. The van der Waals surface area contributed by atoms with E-state index in [1.165, 1.54) is 0 Å². The van der Waals surface area contributed by atoms with Crippen LogP contribution in [-0.4, -0.2) is 5.84 Å². The van der Waals surface area contributed by atoms with Crippen LogP contribution in [0.3, 0.4) is 0 Å². The molecule has 8 heavy (non-hydrogen) atoms. The van der Waals surface area contributed by atoms with Gasteiger partial charge in [0.1, 0.15) is 5.84 Å². The minimum absolute atomic E-state index is 0.520. The molecule has 0 aliphatic carbocycles. The average Bonchev–Trinajstić information content (AvgIpc) is 1.94. The van der Waals surface area contributed by atoms with E-state index in [2.05, 4.69) is 10.3 Å². The SMILES string of the molecule is NC1=NC=CNC=C1. The highest BCUT2D eigenvalue weighted by atomic mass is 14.9. The van der Waals surface area contributed by atoms with Crippen molar-refractivity contribution in [3.05, 3.63) is 24.7 Å². The van der Waals surface area contributed by atoms with Gasteiger partial charge in [-0.3, -0.25) is 0 Å². The van der Waals surface area contributed by atoms with Crippen LogP contribution in [-0.2, 0) is 0 Å². The number of amidine groups is 1. The van der Waals surface area contributed by atoms with Crippen molar-refractivity contribution in [2.75, 3.05) is 0 Å². The molecule has 1 aliphatic heterocycles. The fourth-order valence-corrected chi connectivity index (χ4v) is 0.398. The second kappa shape index (κ2) is 2.16. The molecule has 0 spiro atoms. The summed E-state index contributed by atoms with van der Waals surface area (Å²) in [6.45, 7) is 0. The molecular weight excluding hydrogens is 102 g/mol. The molecule has 3 N–H and O–H groups in total. The molecule has 0 aromatic rings. The molecule has 1 heterocycles. The minimum Gasteiger partial charge on any atom is -0.384 e. The van der Waals surface area contributed by atoms with Crippen molar-refractivity contribution in [1.29, 1.82) is 0 Å². The van der Waals surface area contributed by atoms with Gasteiger partial charge in [-0.2, -0.15) is 0 Å². The van der Waals surface area contributed by atoms with E-state index in [4.69, 9.17) is 5.73 Å². The summed E-state index contributed by atoms with van der Waals surface area (Å²) in [6, 6.07) is 0. The molecule has 3 heteroatoms. The number of nitrogens with two attached hydrogens (primary N) is 1. The lowest BCUT2D eigenvalue weighted by molar-refractivity contribution is 1.19. The molecule has 0 fully saturated rings. The van der Waals surface area contributed by atoms with Crippen LogP contribution in [0.5, 0.6) is 0 Å². The van der Waals surface area contributed by atoms with Gasteiger partial charge in [0, 0.05) is 18.6 Å². The van der Waals surface area contributed by atoms with E-state index >= 15 is 0 Å². The molecule has 1 rings (SSSR count). The summed E-state index contributed by atoms with van der Waals surface area (Å²) in [5.41, 5.74) is 5.31. The monoisotopic (exact) mass is 109 g/mol. The lowest BCUT2D eigenvalue weighted by Gasteiger charge is -1.81. The molecule has 0 aromatic heterocycles. The highest BCUT2D eigenvalue weighted by Gasteiger charge is 1.81. The quantitative estimate of drug-likeness (QED) is 0.457. The summed E-state index contributed by atoms with van der Waals surface area (Å²) in [6.07, 6.45) is 6.73. The van der Waals surface area contributed by atoms with Gasteiger partial charge in [-0.05, 0) is 6.08 Å². The Balaban J connectivity index is 2.73. The third-order valence-electron chi connectivity index (χ3n) is 0.745. The van der Waals surface area contributed by atoms with Gasteiger partial charge in [-0.25, -0.2) is 4.99 Å². The molecule has 0 unspecified atom stereocenters. The Morgan fingerprint density at radius 1 is 1.50 bits per heavy atom. The van der Waals surface area contributed by atoms with Crippen LogP contribution in [0.4, 0.5) is 0 Å². The smallest absolute Gasteiger partial charge is 0.124 e. The largest absolute Gasteiger partial charge is 0.384 e. The van der Waals surface area contributed by atoms with E-state index in [1.54, 1.807) is 24.7 Å². The van der Waals surface area contributed by atoms with E-state index in [0.29, 0.717) is 5.84 Å². The van der Waals surface area contributed by atoms with Gasteiger partial charge >= 0.3 is 0 Å². The van der Waals surface area contributed by atoms with Crippen molar-refractivity contribution in [1.82, 2.24) is 5.32 Å². The molecule has 0 atom stereocenters. The maximum Gasteiger partial charge on any atom is 0.124 e. The van der Waals surface area contributed by atoms with Gasteiger partial charge in [-0.15, -0.1) is 0 Å². The molecule has 0 aromatic carbocycles.